The molecule has 6 nitrogen and oxygen atoms in total. The van der Waals surface area contributed by atoms with E-state index in [9.17, 15) is 4.79 Å². The molecule has 0 spiro atoms. The Bertz CT molecular complexity index is 860. The molecule has 138 valence electrons. The lowest BCUT2D eigenvalue weighted by Gasteiger charge is -2.15. The Labute approximate surface area is 158 Å². The predicted molar refractivity (Wildman–Crippen MR) is 102 cm³/mol. The predicted octanol–water partition coefficient (Wildman–Crippen LogP) is 3.25. The maximum atomic E-state index is 12.5. The highest BCUT2D eigenvalue weighted by molar-refractivity contribution is 6.33. The number of nitrogens with zero attached hydrogens (tertiary/aromatic N) is 3. The molecule has 1 fully saturated rings. The number of rotatable bonds is 3. The van der Waals surface area contributed by atoms with Crippen LogP contribution in [0.2, 0.25) is 5.02 Å². The highest BCUT2D eigenvalue weighted by Crippen LogP contribution is 2.39. The number of hydrogen-bond donors (Lipinski definition) is 2. The minimum absolute atomic E-state index is 0.0138. The van der Waals surface area contributed by atoms with Gasteiger partial charge in [0.25, 0.3) is 0 Å². The Balaban J connectivity index is 1.59. The fraction of sp³-hybridized carbons (Fsp3) is 0.526. The molecule has 1 aliphatic heterocycles. The molecule has 2 atom stereocenters. The summed E-state index contributed by atoms with van der Waals surface area (Å²) in [6.45, 7) is 5.37. The van der Waals surface area contributed by atoms with E-state index < -0.39 is 0 Å². The first-order valence-corrected chi connectivity index (χ1v) is 9.47. The van der Waals surface area contributed by atoms with Gasteiger partial charge in [0.05, 0.1) is 11.2 Å². The first-order chi connectivity index (χ1) is 12.3. The number of aromatic nitrogens is 3. The van der Waals surface area contributed by atoms with E-state index in [1.54, 1.807) is 6.20 Å². The molecule has 0 unspecified atom stereocenters. The molecule has 7 heteroatoms. The Morgan fingerprint density at radius 1 is 1.35 bits per heavy atom. The van der Waals surface area contributed by atoms with Crippen LogP contribution in [-0.2, 0) is 17.8 Å². The minimum Gasteiger partial charge on any atom is -0.328 e. The SMILES string of the molecule is CC1(C)Cc2c(-c3cc(NC(=O)[C@H]4CC[C@@H](N)C4)ncc3Cl)cnn2C1. The first kappa shape index (κ1) is 17.5. The van der Waals surface area contributed by atoms with Crippen molar-refractivity contribution in [2.75, 3.05) is 5.32 Å². The van der Waals surface area contributed by atoms with Crippen molar-refractivity contribution in [3.05, 3.63) is 29.2 Å². The van der Waals surface area contributed by atoms with Crippen LogP contribution in [0.5, 0.6) is 0 Å². The van der Waals surface area contributed by atoms with Gasteiger partial charge in [0, 0.05) is 41.5 Å². The lowest BCUT2D eigenvalue weighted by Crippen LogP contribution is -2.23. The van der Waals surface area contributed by atoms with Gasteiger partial charge >= 0.3 is 0 Å². The van der Waals surface area contributed by atoms with Crippen LogP contribution in [0.3, 0.4) is 0 Å². The van der Waals surface area contributed by atoms with E-state index in [-0.39, 0.29) is 23.3 Å². The number of hydrogen-bond acceptors (Lipinski definition) is 4. The van der Waals surface area contributed by atoms with Gasteiger partial charge < -0.3 is 11.1 Å². The monoisotopic (exact) mass is 373 g/mol. The van der Waals surface area contributed by atoms with Gasteiger partial charge in [0.15, 0.2) is 0 Å². The van der Waals surface area contributed by atoms with Crippen molar-refractivity contribution in [2.24, 2.45) is 17.1 Å². The van der Waals surface area contributed by atoms with Crippen molar-refractivity contribution in [1.29, 1.82) is 0 Å². The Kier molecular flexibility index (Phi) is 4.28. The molecule has 0 aromatic carbocycles. The molecule has 2 aromatic rings. The van der Waals surface area contributed by atoms with Crippen LogP contribution < -0.4 is 11.1 Å². The van der Waals surface area contributed by atoms with E-state index >= 15 is 0 Å². The molecular weight excluding hydrogens is 350 g/mol. The summed E-state index contributed by atoms with van der Waals surface area (Å²) in [6, 6.07) is 1.97. The molecule has 26 heavy (non-hydrogen) atoms. The van der Waals surface area contributed by atoms with Crippen molar-refractivity contribution in [2.45, 2.75) is 52.1 Å². The number of amides is 1. The third-order valence-corrected chi connectivity index (χ3v) is 5.71. The van der Waals surface area contributed by atoms with Gasteiger partial charge in [-0.25, -0.2) is 4.98 Å². The fourth-order valence-electron chi connectivity index (χ4n) is 4.07. The first-order valence-electron chi connectivity index (χ1n) is 9.09. The van der Waals surface area contributed by atoms with Crippen LogP contribution in [0.25, 0.3) is 11.1 Å². The van der Waals surface area contributed by atoms with Crippen molar-refractivity contribution < 1.29 is 4.79 Å². The van der Waals surface area contributed by atoms with Gasteiger partial charge in [0.2, 0.25) is 5.91 Å². The number of anilines is 1. The van der Waals surface area contributed by atoms with Crippen LogP contribution >= 0.6 is 11.6 Å². The molecule has 1 aliphatic carbocycles. The van der Waals surface area contributed by atoms with E-state index in [1.807, 2.05) is 16.9 Å². The second-order valence-corrected chi connectivity index (χ2v) is 8.72. The molecule has 1 saturated carbocycles. The third-order valence-electron chi connectivity index (χ3n) is 5.41. The highest BCUT2D eigenvalue weighted by atomic mass is 35.5. The van der Waals surface area contributed by atoms with E-state index in [0.29, 0.717) is 10.8 Å². The van der Waals surface area contributed by atoms with Crippen LogP contribution in [0.15, 0.2) is 18.5 Å². The zero-order chi connectivity index (χ0) is 18.5. The summed E-state index contributed by atoms with van der Waals surface area (Å²) in [6.07, 6.45) is 6.86. The summed E-state index contributed by atoms with van der Waals surface area (Å²) in [5.41, 5.74) is 9.16. The second kappa shape index (κ2) is 6.35. The van der Waals surface area contributed by atoms with Crippen LogP contribution in [0.1, 0.15) is 38.8 Å². The fourth-order valence-corrected chi connectivity index (χ4v) is 4.27. The maximum absolute atomic E-state index is 12.5. The van der Waals surface area contributed by atoms with Gasteiger partial charge in [0.1, 0.15) is 5.82 Å². The molecule has 0 bridgehead atoms. The third kappa shape index (κ3) is 3.23. The molecule has 2 aliphatic rings. The number of carbonyl (C=O) groups is 1. The van der Waals surface area contributed by atoms with Crippen molar-refractivity contribution in [1.82, 2.24) is 14.8 Å². The lowest BCUT2D eigenvalue weighted by molar-refractivity contribution is -0.119. The van der Waals surface area contributed by atoms with Gasteiger partial charge in [-0.1, -0.05) is 25.4 Å². The van der Waals surface area contributed by atoms with Gasteiger partial charge in [-0.3, -0.25) is 9.48 Å². The number of carbonyl (C=O) groups excluding carboxylic acids is 1. The standard InChI is InChI=1S/C19H24ClN5O/c1-19(2)7-16-14(8-23-25(16)10-19)13-6-17(22-9-15(13)20)24-18(26)11-3-4-12(21)5-11/h6,8-9,11-12H,3-5,7,10,21H2,1-2H3,(H,22,24,26)/t11-,12+/m0/s1. The van der Waals surface area contributed by atoms with Crippen LogP contribution in [0, 0.1) is 11.3 Å². The van der Waals surface area contributed by atoms with E-state index in [4.69, 9.17) is 17.3 Å². The smallest absolute Gasteiger partial charge is 0.228 e. The molecule has 4 rings (SSSR count). The normalized spacial score (nSPS) is 23.8. The van der Waals surface area contributed by atoms with Gasteiger partial charge in [-0.2, -0.15) is 5.10 Å². The summed E-state index contributed by atoms with van der Waals surface area (Å²) < 4.78 is 2.05. The number of fused-ring (bicyclic) bond motifs is 1. The Morgan fingerprint density at radius 3 is 2.88 bits per heavy atom. The van der Waals surface area contributed by atoms with Crippen LogP contribution in [-0.4, -0.2) is 26.7 Å². The van der Waals surface area contributed by atoms with Gasteiger partial charge in [-0.05, 0) is 37.2 Å². The van der Waals surface area contributed by atoms with E-state index in [2.05, 4.69) is 29.2 Å². The summed E-state index contributed by atoms with van der Waals surface area (Å²) in [5, 5.41) is 8.00. The number of nitrogens with two attached hydrogens (primary N) is 1. The average Bonchev–Trinajstić information content (AvgIpc) is 3.23. The molecule has 1 amide bonds. The summed E-state index contributed by atoms with van der Waals surface area (Å²) in [5.74, 6) is 0.472. The lowest BCUT2D eigenvalue weighted by atomic mass is 9.89. The molecule has 3 N–H and O–H groups in total. The van der Waals surface area contributed by atoms with Crippen molar-refractivity contribution in [3.63, 3.8) is 0 Å². The van der Waals surface area contributed by atoms with Gasteiger partial charge in [-0.15, -0.1) is 0 Å². The van der Waals surface area contributed by atoms with E-state index in [0.717, 1.165) is 43.4 Å². The van der Waals surface area contributed by atoms with Crippen LogP contribution in [0.4, 0.5) is 5.82 Å². The Hall–Kier alpha value is -1.92. The molecule has 2 aromatic heterocycles. The largest absolute Gasteiger partial charge is 0.328 e. The number of nitrogens with one attached hydrogen (secondary N) is 1. The maximum Gasteiger partial charge on any atom is 0.228 e. The minimum atomic E-state index is -0.0351. The number of pyridine rings is 1. The Morgan fingerprint density at radius 2 is 2.15 bits per heavy atom. The van der Waals surface area contributed by atoms with Crippen molar-refractivity contribution >= 4 is 23.3 Å². The zero-order valence-electron chi connectivity index (χ0n) is 15.1. The number of halogens is 1. The van der Waals surface area contributed by atoms with E-state index in [1.165, 1.54) is 5.69 Å². The molecule has 0 saturated heterocycles. The van der Waals surface area contributed by atoms with Crippen molar-refractivity contribution in [3.8, 4) is 11.1 Å². The summed E-state index contributed by atoms with van der Waals surface area (Å²) >= 11 is 6.41. The quantitative estimate of drug-likeness (QED) is 0.864. The highest BCUT2D eigenvalue weighted by Gasteiger charge is 2.32. The molecule has 0 radical (unpaired) electrons. The topological polar surface area (TPSA) is 85.8 Å². The zero-order valence-corrected chi connectivity index (χ0v) is 15.9. The molecular formula is C19H24ClN5O. The average molecular weight is 374 g/mol. The summed E-state index contributed by atoms with van der Waals surface area (Å²) in [7, 11) is 0. The molecule has 3 heterocycles. The second-order valence-electron chi connectivity index (χ2n) is 8.31. The summed E-state index contributed by atoms with van der Waals surface area (Å²) in [4.78, 5) is 16.7.